The van der Waals surface area contributed by atoms with Crippen molar-refractivity contribution in [1.29, 1.82) is 0 Å². The summed E-state index contributed by atoms with van der Waals surface area (Å²) in [6.07, 6.45) is 1.75. The van der Waals surface area contributed by atoms with E-state index in [-0.39, 0.29) is 11.1 Å². The molecule has 1 aromatic heterocycles. The lowest BCUT2D eigenvalue weighted by Gasteiger charge is -2.23. The number of hydrogen-bond donors (Lipinski definition) is 1. The molecule has 2 atom stereocenters. The monoisotopic (exact) mass is 361 g/mol. The smallest absolute Gasteiger partial charge is 0.171 e. The van der Waals surface area contributed by atoms with Crippen molar-refractivity contribution >= 4 is 27.5 Å². The fourth-order valence-electron chi connectivity index (χ4n) is 1.76. The maximum Gasteiger partial charge on any atom is 0.171 e. The second-order valence-corrected chi connectivity index (χ2v) is 5.58. The van der Waals surface area contributed by atoms with Gasteiger partial charge in [0.1, 0.15) is 17.3 Å². The molecule has 2 aromatic rings. The first kappa shape index (κ1) is 15.4. The summed E-state index contributed by atoms with van der Waals surface area (Å²) in [5.41, 5.74) is 6.05. The summed E-state index contributed by atoms with van der Waals surface area (Å²) in [5, 5.41) is 0.0264. The van der Waals surface area contributed by atoms with E-state index in [1.807, 2.05) is 6.92 Å². The summed E-state index contributed by atoms with van der Waals surface area (Å²) in [5.74, 6) is 0.381. The molecule has 0 saturated heterocycles. The molecule has 1 heterocycles. The fraction of sp³-hybridized carbons (Fsp3) is 0.286. The number of ether oxygens (including phenoxy) is 1. The number of furan rings is 1. The highest BCUT2D eigenvalue weighted by Crippen LogP contribution is 2.34. The summed E-state index contributed by atoms with van der Waals surface area (Å²) in [6.45, 7) is 1.95. The lowest BCUT2D eigenvalue weighted by molar-refractivity contribution is 0.143. The summed E-state index contributed by atoms with van der Waals surface area (Å²) < 4.78 is 25.3. The molecule has 0 aliphatic heterocycles. The van der Waals surface area contributed by atoms with Crippen LogP contribution in [0.15, 0.2) is 39.4 Å². The molecule has 108 valence electrons. The molecule has 3 nitrogen and oxygen atoms in total. The average Bonchev–Trinajstić information content (AvgIpc) is 2.94. The molecular formula is C14H14BrClFNO2. The third-order valence-electron chi connectivity index (χ3n) is 2.91. The Balaban J connectivity index is 2.31. The molecule has 20 heavy (non-hydrogen) atoms. The molecular weight excluding hydrogens is 349 g/mol. The van der Waals surface area contributed by atoms with Crippen LogP contribution < -0.4 is 10.5 Å². The molecule has 0 radical (unpaired) electrons. The summed E-state index contributed by atoms with van der Waals surface area (Å²) in [4.78, 5) is 0. The van der Waals surface area contributed by atoms with Gasteiger partial charge in [0.25, 0.3) is 0 Å². The second-order valence-electron chi connectivity index (χ2n) is 4.32. The average molecular weight is 363 g/mol. The molecule has 2 N–H and O–H groups in total. The van der Waals surface area contributed by atoms with Gasteiger partial charge in [-0.15, -0.1) is 0 Å². The number of benzene rings is 1. The van der Waals surface area contributed by atoms with Gasteiger partial charge in [-0.2, -0.15) is 0 Å². The van der Waals surface area contributed by atoms with Crippen molar-refractivity contribution in [3.8, 4) is 5.75 Å². The Morgan fingerprint density at radius 2 is 2.25 bits per heavy atom. The lowest BCUT2D eigenvalue weighted by Crippen LogP contribution is -2.31. The Bertz CT molecular complexity index is 577. The van der Waals surface area contributed by atoms with Gasteiger partial charge < -0.3 is 14.9 Å². The Kier molecular flexibility index (Phi) is 5.07. The zero-order valence-electron chi connectivity index (χ0n) is 10.8. The van der Waals surface area contributed by atoms with E-state index in [0.29, 0.717) is 22.4 Å². The predicted molar refractivity (Wildman–Crippen MR) is 79.5 cm³/mol. The van der Waals surface area contributed by atoms with Crippen molar-refractivity contribution < 1.29 is 13.5 Å². The lowest BCUT2D eigenvalue weighted by atomic mass is 10.1. The first-order valence-electron chi connectivity index (χ1n) is 6.13. The number of halogens is 3. The Morgan fingerprint density at radius 1 is 1.50 bits per heavy atom. The van der Waals surface area contributed by atoms with Crippen molar-refractivity contribution in [2.75, 3.05) is 0 Å². The molecule has 0 amide bonds. The van der Waals surface area contributed by atoms with E-state index < -0.39 is 11.9 Å². The second kappa shape index (κ2) is 6.61. The Morgan fingerprint density at radius 3 is 2.85 bits per heavy atom. The minimum atomic E-state index is -0.548. The van der Waals surface area contributed by atoms with Gasteiger partial charge in [0.2, 0.25) is 0 Å². The van der Waals surface area contributed by atoms with Crippen LogP contribution >= 0.6 is 27.5 Å². The van der Waals surface area contributed by atoms with E-state index in [9.17, 15) is 4.39 Å². The topological polar surface area (TPSA) is 48.4 Å². The molecule has 6 heteroatoms. The van der Waals surface area contributed by atoms with Gasteiger partial charge in [-0.3, -0.25) is 0 Å². The first-order chi connectivity index (χ1) is 9.52. The Labute approximate surface area is 130 Å². The molecule has 0 aliphatic carbocycles. The van der Waals surface area contributed by atoms with E-state index in [2.05, 4.69) is 15.9 Å². The molecule has 2 unspecified atom stereocenters. The zero-order valence-corrected chi connectivity index (χ0v) is 13.1. The largest absolute Gasteiger partial charge is 0.480 e. The van der Waals surface area contributed by atoms with E-state index in [1.54, 1.807) is 18.4 Å². The fourth-order valence-corrected chi connectivity index (χ4v) is 2.49. The minimum Gasteiger partial charge on any atom is -0.480 e. The highest BCUT2D eigenvalue weighted by Gasteiger charge is 2.24. The van der Waals surface area contributed by atoms with Gasteiger partial charge >= 0.3 is 0 Å². The summed E-state index contributed by atoms with van der Waals surface area (Å²) in [6, 6.07) is 5.94. The van der Waals surface area contributed by atoms with Gasteiger partial charge in [-0.25, -0.2) is 4.39 Å². The molecule has 0 saturated carbocycles. The van der Waals surface area contributed by atoms with Crippen molar-refractivity contribution in [3.63, 3.8) is 0 Å². The number of hydrogen-bond acceptors (Lipinski definition) is 3. The molecule has 0 spiro atoms. The van der Waals surface area contributed by atoms with E-state index in [0.717, 1.165) is 0 Å². The maximum atomic E-state index is 13.5. The van der Waals surface area contributed by atoms with Gasteiger partial charge in [0.05, 0.1) is 15.8 Å². The molecule has 1 aromatic carbocycles. The summed E-state index contributed by atoms with van der Waals surface area (Å²) >= 11 is 9.00. The van der Waals surface area contributed by atoms with Crippen molar-refractivity contribution in [2.24, 2.45) is 5.73 Å². The van der Waals surface area contributed by atoms with Crippen LogP contribution in [-0.2, 0) is 0 Å². The third-order valence-corrected chi connectivity index (χ3v) is 3.82. The minimum absolute atomic E-state index is 0.0264. The van der Waals surface area contributed by atoms with Crippen molar-refractivity contribution in [3.05, 3.63) is 51.6 Å². The highest BCUT2D eigenvalue weighted by atomic mass is 79.9. The first-order valence-corrected chi connectivity index (χ1v) is 7.30. The SMILES string of the molecule is CCC(N)C(Oc1cc(F)c(Cl)cc1Br)c1ccco1. The van der Waals surface area contributed by atoms with Gasteiger partial charge in [0, 0.05) is 12.1 Å². The zero-order chi connectivity index (χ0) is 14.7. The maximum absolute atomic E-state index is 13.5. The number of rotatable bonds is 5. The normalized spacial score (nSPS) is 14.1. The third kappa shape index (κ3) is 3.34. The van der Waals surface area contributed by atoms with E-state index in [4.69, 9.17) is 26.5 Å². The molecule has 0 fully saturated rings. The van der Waals surface area contributed by atoms with Crippen molar-refractivity contribution in [1.82, 2.24) is 0 Å². The number of nitrogens with two attached hydrogens (primary N) is 1. The molecule has 0 bridgehead atoms. The predicted octanol–water partition coefficient (Wildman–Crippen LogP) is 4.69. The van der Waals surface area contributed by atoms with Gasteiger partial charge in [0.15, 0.2) is 6.10 Å². The van der Waals surface area contributed by atoms with Crippen molar-refractivity contribution in [2.45, 2.75) is 25.5 Å². The van der Waals surface area contributed by atoms with Crippen LogP contribution in [0.3, 0.4) is 0 Å². The van der Waals surface area contributed by atoms with E-state index in [1.165, 1.54) is 12.1 Å². The highest BCUT2D eigenvalue weighted by molar-refractivity contribution is 9.10. The van der Waals surface area contributed by atoms with Crippen LogP contribution in [0.1, 0.15) is 25.2 Å². The molecule has 0 aliphatic rings. The Hall–Kier alpha value is -1.04. The van der Waals surface area contributed by atoms with Crippen LogP contribution in [0.25, 0.3) is 0 Å². The molecule has 2 rings (SSSR count). The van der Waals surface area contributed by atoms with E-state index >= 15 is 0 Å². The van der Waals surface area contributed by atoms with Crippen LogP contribution in [0, 0.1) is 5.82 Å². The quantitative estimate of drug-likeness (QED) is 0.785. The van der Waals surface area contributed by atoms with Crippen LogP contribution in [0.2, 0.25) is 5.02 Å². The van der Waals surface area contributed by atoms with Gasteiger partial charge in [-0.1, -0.05) is 18.5 Å². The van der Waals surface area contributed by atoms with Crippen LogP contribution in [0.4, 0.5) is 4.39 Å². The van der Waals surface area contributed by atoms with Gasteiger partial charge in [-0.05, 0) is 40.5 Å². The van der Waals surface area contributed by atoms with Crippen LogP contribution in [0.5, 0.6) is 5.75 Å². The standard InChI is InChI=1S/C14H14BrClFNO2/c1-2-11(18)14(12-4-3-5-19-12)20-13-7-10(17)9(16)6-8(13)15/h3-7,11,14H,2,18H2,1H3. The van der Waals surface area contributed by atoms with Crippen LogP contribution in [-0.4, -0.2) is 6.04 Å². The summed E-state index contributed by atoms with van der Waals surface area (Å²) in [7, 11) is 0.